The van der Waals surface area contributed by atoms with Crippen LogP contribution in [0.15, 0.2) is 42.7 Å². The summed E-state index contributed by atoms with van der Waals surface area (Å²) in [6, 6.07) is 9.23. The van der Waals surface area contributed by atoms with Crippen molar-refractivity contribution in [2.45, 2.75) is 25.0 Å². The van der Waals surface area contributed by atoms with Crippen molar-refractivity contribution >= 4 is 0 Å². The molecule has 4 heteroatoms. The van der Waals surface area contributed by atoms with Crippen molar-refractivity contribution in [2.75, 3.05) is 0 Å². The molecule has 96 valence electrons. The third-order valence-corrected chi connectivity index (χ3v) is 2.99. The van der Waals surface area contributed by atoms with Crippen LogP contribution in [0.5, 0.6) is 0 Å². The van der Waals surface area contributed by atoms with Crippen LogP contribution >= 0.6 is 0 Å². The SMILES string of the molecule is Cn1cc(CCC(O)C(O)c2ccccc2)cn1. The van der Waals surface area contributed by atoms with E-state index in [0.29, 0.717) is 12.8 Å². The van der Waals surface area contributed by atoms with Gasteiger partial charge in [0.25, 0.3) is 0 Å². The summed E-state index contributed by atoms with van der Waals surface area (Å²) in [6.45, 7) is 0. The summed E-state index contributed by atoms with van der Waals surface area (Å²) in [5.41, 5.74) is 1.81. The van der Waals surface area contributed by atoms with E-state index in [1.807, 2.05) is 43.6 Å². The first-order valence-electron chi connectivity index (χ1n) is 6.05. The quantitative estimate of drug-likeness (QED) is 0.839. The zero-order valence-corrected chi connectivity index (χ0v) is 10.4. The van der Waals surface area contributed by atoms with Crippen molar-refractivity contribution < 1.29 is 10.2 Å². The number of aromatic nitrogens is 2. The molecule has 0 saturated carbocycles. The lowest BCUT2D eigenvalue weighted by Crippen LogP contribution is -2.18. The molecule has 2 N–H and O–H groups in total. The second-order valence-electron chi connectivity index (χ2n) is 4.48. The zero-order chi connectivity index (χ0) is 13.0. The van der Waals surface area contributed by atoms with Crippen molar-refractivity contribution in [1.29, 1.82) is 0 Å². The fraction of sp³-hybridized carbons (Fsp3) is 0.357. The molecule has 0 spiro atoms. The van der Waals surface area contributed by atoms with Crippen molar-refractivity contribution in [3.8, 4) is 0 Å². The molecule has 0 aliphatic rings. The normalized spacial score (nSPS) is 14.4. The number of aryl methyl sites for hydroxylation is 2. The summed E-state index contributed by atoms with van der Waals surface area (Å²) in [5, 5.41) is 24.0. The van der Waals surface area contributed by atoms with Crippen LogP contribution in [0.25, 0.3) is 0 Å². The maximum Gasteiger partial charge on any atom is 0.105 e. The summed E-state index contributed by atoms with van der Waals surface area (Å²) < 4.78 is 1.73. The Labute approximate surface area is 107 Å². The van der Waals surface area contributed by atoms with E-state index in [9.17, 15) is 10.2 Å². The molecule has 0 radical (unpaired) electrons. The van der Waals surface area contributed by atoms with Gasteiger partial charge < -0.3 is 10.2 Å². The lowest BCUT2D eigenvalue weighted by atomic mass is 10.00. The van der Waals surface area contributed by atoms with Gasteiger partial charge in [0.15, 0.2) is 0 Å². The Hall–Kier alpha value is -1.65. The van der Waals surface area contributed by atoms with Gasteiger partial charge in [0.1, 0.15) is 6.10 Å². The first-order valence-corrected chi connectivity index (χ1v) is 6.05. The first-order chi connectivity index (χ1) is 8.66. The summed E-state index contributed by atoms with van der Waals surface area (Å²) in [7, 11) is 1.86. The van der Waals surface area contributed by atoms with Gasteiger partial charge in [-0.25, -0.2) is 0 Å². The van der Waals surface area contributed by atoms with Gasteiger partial charge in [-0.05, 0) is 24.0 Å². The predicted molar refractivity (Wildman–Crippen MR) is 68.9 cm³/mol. The molecule has 2 rings (SSSR count). The van der Waals surface area contributed by atoms with E-state index < -0.39 is 12.2 Å². The highest BCUT2D eigenvalue weighted by atomic mass is 16.3. The van der Waals surface area contributed by atoms with E-state index in [-0.39, 0.29) is 0 Å². The van der Waals surface area contributed by atoms with Gasteiger partial charge in [-0.2, -0.15) is 5.10 Å². The van der Waals surface area contributed by atoms with Crippen LogP contribution < -0.4 is 0 Å². The van der Waals surface area contributed by atoms with Crippen LogP contribution in [-0.2, 0) is 13.5 Å². The number of nitrogens with zero attached hydrogens (tertiary/aromatic N) is 2. The van der Waals surface area contributed by atoms with Gasteiger partial charge >= 0.3 is 0 Å². The van der Waals surface area contributed by atoms with E-state index in [1.165, 1.54) is 0 Å². The maximum atomic E-state index is 10.0. The van der Waals surface area contributed by atoms with Crippen molar-refractivity contribution in [3.05, 3.63) is 53.9 Å². The van der Waals surface area contributed by atoms with Crippen LogP contribution in [0.3, 0.4) is 0 Å². The number of rotatable bonds is 5. The van der Waals surface area contributed by atoms with E-state index >= 15 is 0 Å². The summed E-state index contributed by atoms with van der Waals surface area (Å²) >= 11 is 0. The molecule has 0 saturated heterocycles. The number of hydrogen-bond acceptors (Lipinski definition) is 3. The molecule has 0 fully saturated rings. The molecule has 1 aromatic heterocycles. The Kier molecular flexibility index (Phi) is 4.12. The van der Waals surface area contributed by atoms with Crippen LogP contribution in [0.4, 0.5) is 0 Å². The summed E-state index contributed by atoms with van der Waals surface area (Å²) in [4.78, 5) is 0. The van der Waals surface area contributed by atoms with Crippen molar-refractivity contribution in [3.63, 3.8) is 0 Å². The predicted octanol–water partition coefficient (Wildman–Crippen LogP) is 1.45. The van der Waals surface area contributed by atoms with E-state index in [4.69, 9.17) is 0 Å². The fourth-order valence-electron chi connectivity index (χ4n) is 1.95. The smallest absolute Gasteiger partial charge is 0.105 e. The number of hydrogen-bond donors (Lipinski definition) is 2. The lowest BCUT2D eigenvalue weighted by molar-refractivity contribution is 0.0137. The lowest BCUT2D eigenvalue weighted by Gasteiger charge is -2.17. The Morgan fingerprint density at radius 2 is 1.94 bits per heavy atom. The molecule has 2 atom stereocenters. The van der Waals surface area contributed by atoms with Gasteiger partial charge in [0.2, 0.25) is 0 Å². The Balaban J connectivity index is 1.90. The van der Waals surface area contributed by atoms with Crippen molar-refractivity contribution in [2.24, 2.45) is 7.05 Å². The van der Waals surface area contributed by atoms with Crippen LogP contribution in [0.1, 0.15) is 23.7 Å². The second kappa shape index (κ2) is 5.80. The highest BCUT2D eigenvalue weighted by Crippen LogP contribution is 2.19. The third-order valence-electron chi connectivity index (χ3n) is 2.99. The monoisotopic (exact) mass is 246 g/mol. The van der Waals surface area contributed by atoms with Gasteiger partial charge in [-0.1, -0.05) is 30.3 Å². The van der Waals surface area contributed by atoms with Gasteiger partial charge in [0.05, 0.1) is 12.3 Å². The molecule has 2 unspecified atom stereocenters. The zero-order valence-electron chi connectivity index (χ0n) is 10.4. The minimum Gasteiger partial charge on any atom is -0.390 e. The Morgan fingerprint density at radius 1 is 1.22 bits per heavy atom. The average Bonchev–Trinajstić information content (AvgIpc) is 2.82. The first kappa shape index (κ1) is 12.8. The molecule has 0 aliphatic heterocycles. The van der Waals surface area contributed by atoms with E-state index in [1.54, 1.807) is 10.9 Å². The largest absolute Gasteiger partial charge is 0.390 e. The summed E-state index contributed by atoms with van der Waals surface area (Å²) in [6.07, 6.45) is 3.33. The van der Waals surface area contributed by atoms with Gasteiger partial charge in [-0.15, -0.1) is 0 Å². The maximum absolute atomic E-state index is 10.0. The molecule has 1 heterocycles. The topological polar surface area (TPSA) is 58.3 Å². The van der Waals surface area contributed by atoms with E-state index in [0.717, 1.165) is 11.1 Å². The van der Waals surface area contributed by atoms with Crippen LogP contribution in [0, 0.1) is 0 Å². The minimum atomic E-state index is -0.831. The Morgan fingerprint density at radius 3 is 2.56 bits per heavy atom. The molecule has 18 heavy (non-hydrogen) atoms. The molecule has 4 nitrogen and oxygen atoms in total. The Bertz CT molecular complexity index is 482. The molecule has 2 aromatic rings. The number of aliphatic hydroxyl groups excluding tert-OH is 2. The second-order valence-corrected chi connectivity index (χ2v) is 4.48. The highest BCUT2D eigenvalue weighted by molar-refractivity contribution is 5.18. The molecule has 1 aromatic carbocycles. The molecule has 0 amide bonds. The standard InChI is InChI=1S/C14H18N2O2/c1-16-10-11(9-15-16)7-8-13(17)14(18)12-5-3-2-4-6-12/h2-6,9-10,13-14,17-18H,7-8H2,1H3. The van der Waals surface area contributed by atoms with E-state index in [2.05, 4.69) is 5.10 Å². The fourth-order valence-corrected chi connectivity index (χ4v) is 1.95. The molecular formula is C14H18N2O2. The molecule has 0 aliphatic carbocycles. The summed E-state index contributed by atoms with van der Waals surface area (Å²) in [5.74, 6) is 0. The highest BCUT2D eigenvalue weighted by Gasteiger charge is 2.17. The molecular weight excluding hydrogens is 228 g/mol. The number of benzene rings is 1. The molecule has 0 bridgehead atoms. The third kappa shape index (κ3) is 3.18. The number of aliphatic hydroxyl groups is 2. The van der Waals surface area contributed by atoms with Crippen LogP contribution in [0.2, 0.25) is 0 Å². The minimum absolute atomic E-state index is 0.516. The van der Waals surface area contributed by atoms with Gasteiger partial charge in [-0.3, -0.25) is 4.68 Å². The average molecular weight is 246 g/mol. The van der Waals surface area contributed by atoms with Gasteiger partial charge in [0, 0.05) is 13.2 Å². The van der Waals surface area contributed by atoms with Crippen molar-refractivity contribution in [1.82, 2.24) is 9.78 Å². The van der Waals surface area contributed by atoms with Crippen LogP contribution in [-0.4, -0.2) is 26.1 Å².